The Hall–Kier alpha value is -1.95. The quantitative estimate of drug-likeness (QED) is 0.732. The number of carbonyl (C=O) groups is 1. The van der Waals surface area contributed by atoms with Crippen molar-refractivity contribution in [2.75, 3.05) is 20.1 Å². The van der Waals surface area contributed by atoms with Crippen LogP contribution in [0.4, 0.5) is 11.5 Å². The molecule has 2 atom stereocenters. The Morgan fingerprint density at radius 3 is 2.68 bits per heavy atom. The number of nitrogens with zero attached hydrogens (tertiary/aromatic N) is 3. The fourth-order valence-electron chi connectivity index (χ4n) is 3.81. The van der Waals surface area contributed by atoms with Gasteiger partial charge >= 0.3 is 5.91 Å². The lowest BCUT2D eigenvalue weighted by Crippen LogP contribution is -3.09. The fourth-order valence-corrected chi connectivity index (χ4v) is 3.81. The lowest BCUT2D eigenvalue weighted by molar-refractivity contribution is -0.884. The molecule has 5 nitrogen and oxygen atoms in total. The summed E-state index contributed by atoms with van der Waals surface area (Å²) in [7, 11) is 2.16. The second kappa shape index (κ2) is 7.52. The number of carbonyl (C=O) groups excluding carboxylic acids is 1. The summed E-state index contributed by atoms with van der Waals surface area (Å²) < 4.78 is 0. The number of fused-ring (bicyclic) bond motifs is 1. The van der Waals surface area contributed by atoms with Crippen molar-refractivity contribution in [2.45, 2.75) is 25.3 Å². The summed E-state index contributed by atoms with van der Waals surface area (Å²) in [6.45, 7) is 2.13. The van der Waals surface area contributed by atoms with Crippen LogP contribution < -0.4 is 17.4 Å². The summed E-state index contributed by atoms with van der Waals surface area (Å²) in [4.78, 5) is 20.0. The number of pyridine rings is 1. The molecule has 1 aromatic carbocycles. The minimum absolute atomic E-state index is 0. The molecular formula is C19H23ClN4O. The summed E-state index contributed by atoms with van der Waals surface area (Å²) in [5.74, 6) is 0.929. The zero-order valence-electron chi connectivity index (χ0n) is 14.4. The molecule has 0 aliphatic carbocycles. The number of likely N-dealkylation sites (tertiary alicyclic amines) is 1. The number of rotatable bonds is 2. The molecule has 1 aromatic heterocycles. The van der Waals surface area contributed by atoms with Crippen molar-refractivity contribution in [2.24, 2.45) is 0 Å². The highest BCUT2D eigenvalue weighted by Crippen LogP contribution is 2.25. The third-order valence-electron chi connectivity index (χ3n) is 5.06. The predicted molar refractivity (Wildman–Crippen MR) is 92.3 cm³/mol. The van der Waals surface area contributed by atoms with E-state index in [1.165, 1.54) is 0 Å². The van der Waals surface area contributed by atoms with Crippen molar-refractivity contribution >= 4 is 17.4 Å². The van der Waals surface area contributed by atoms with E-state index in [1.54, 1.807) is 6.20 Å². The maximum absolute atomic E-state index is 13.1. The van der Waals surface area contributed by atoms with E-state index < -0.39 is 0 Å². The van der Waals surface area contributed by atoms with Crippen LogP contribution in [0.25, 0.3) is 0 Å². The third kappa shape index (κ3) is 3.27. The number of nitrogens with one attached hydrogen (secondary N) is 1. The highest BCUT2D eigenvalue weighted by atomic mass is 35.5. The first-order valence-corrected chi connectivity index (χ1v) is 8.65. The minimum Gasteiger partial charge on any atom is -1.00 e. The lowest BCUT2D eigenvalue weighted by atomic mass is 10.1. The molecule has 1 amide bonds. The van der Waals surface area contributed by atoms with Crippen LogP contribution in [0.5, 0.6) is 0 Å². The lowest BCUT2D eigenvalue weighted by Gasteiger charge is -2.30. The van der Waals surface area contributed by atoms with Gasteiger partial charge in [-0.25, -0.2) is 4.98 Å². The van der Waals surface area contributed by atoms with Crippen molar-refractivity contribution in [3.05, 3.63) is 54.2 Å². The zero-order chi connectivity index (χ0) is 16.5. The summed E-state index contributed by atoms with van der Waals surface area (Å²) in [6.07, 6.45) is 4.95. The molecule has 4 rings (SSSR count). The van der Waals surface area contributed by atoms with Gasteiger partial charge in [0.1, 0.15) is 5.56 Å². The number of benzene rings is 1. The molecule has 0 spiro atoms. The molecule has 2 aliphatic rings. The Morgan fingerprint density at radius 1 is 1.08 bits per heavy atom. The molecule has 132 valence electrons. The number of halogens is 1. The van der Waals surface area contributed by atoms with E-state index in [0.29, 0.717) is 0 Å². The first kappa shape index (κ1) is 17.9. The van der Waals surface area contributed by atoms with Crippen LogP contribution >= 0.6 is 0 Å². The number of amides is 1. The monoisotopic (exact) mass is 358 g/mol. The molecule has 0 bridgehead atoms. The van der Waals surface area contributed by atoms with Crippen molar-refractivity contribution in [3.63, 3.8) is 0 Å². The predicted octanol–water partition coefficient (Wildman–Crippen LogP) is -1.21. The Labute approximate surface area is 154 Å². The van der Waals surface area contributed by atoms with Crippen LogP contribution in [-0.4, -0.2) is 47.0 Å². The Balaban J connectivity index is 0.00000182. The molecule has 2 aliphatic heterocycles. The van der Waals surface area contributed by atoms with Crippen LogP contribution in [0.15, 0.2) is 48.7 Å². The van der Waals surface area contributed by atoms with Gasteiger partial charge in [-0.15, -0.1) is 5.01 Å². The van der Waals surface area contributed by atoms with Gasteiger partial charge in [-0.1, -0.05) is 18.2 Å². The molecule has 2 aromatic rings. The number of aromatic nitrogens is 1. The van der Waals surface area contributed by atoms with Gasteiger partial charge in [0.15, 0.2) is 5.69 Å². The summed E-state index contributed by atoms with van der Waals surface area (Å²) in [5.41, 5.74) is 1.80. The third-order valence-corrected chi connectivity index (χ3v) is 5.06. The van der Waals surface area contributed by atoms with Crippen molar-refractivity contribution in [1.29, 1.82) is 0 Å². The summed E-state index contributed by atoms with van der Waals surface area (Å²) in [6, 6.07) is 14.2. The van der Waals surface area contributed by atoms with Crippen molar-refractivity contribution < 1.29 is 22.2 Å². The summed E-state index contributed by atoms with van der Waals surface area (Å²) in [5, 5.41) is 3.00. The van der Waals surface area contributed by atoms with Crippen molar-refractivity contribution in [1.82, 2.24) is 14.9 Å². The SMILES string of the molecule is CN1CCCC(N2C(=O)c3cccnc3[NH+]2c2ccccc2)CC1.[Cl-]. The van der Waals surface area contributed by atoms with E-state index in [2.05, 4.69) is 29.1 Å². The Kier molecular flexibility index (Phi) is 5.37. The van der Waals surface area contributed by atoms with Gasteiger partial charge in [0.05, 0.1) is 6.04 Å². The van der Waals surface area contributed by atoms with E-state index in [0.717, 1.165) is 54.4 Å². The Morgan fingerprint density at radius 2 is 1.88 bits per heavy atom. The van der Waals surface area contributed by atoms with Crippen LogP contribution in [0, 0.1) is 0 Å². The van der Waals surface area contributed by atoms with Gasteiger partial charge in [0, 0.05) is 18.3 Å². The number of hydrogen-bond acceptors (Lipinski definition) is 3. The average molecular weight is 359 g/mol. The van der Waals surface area contributed by atoms with Crippen molar-refractivity contribution in [3.8, 4) is 0 Å². The molecule has 1 N–H and O–H groups in total. The van der Waals surface area contributed by atoms with Crippen LogP contribution in [0.1, 0.15) is 29.6 Å². The molecule has 3 heterocycles. The maximum Gasteiger partial charge on any atom is 0.307 e. The number of quaternary nitrogens is 1. The largest absolute Gasteiger partial charge is 1.00 e. The first-order chi connectivity index (χ1) is 11.8. The van der Waals surface area contributed by atoms with Crippen LogP contribution in [-0.2, 0) is 0 Å². The van der Waals surface area contributed by atoms with Gasteiger partial charge in [0.25, 0.3) is 5.82 Å². The van der Waals surface area contributed by atoms with E-state index in [4.69, 9.17) is 0 Å². The topological polar surface area (TPSA) is 40.9 Å². The van der Waals surface area contributed by atoms with E-state index in [9.17, 15) is 4.79 Å². The van der Waals surface area contributed by atoms with E-state index >= 15 is 0 Å². The standard InChI is InChI=1S/C19H22N4O.ClH/c1-21-13-6-9-16(11-14-21)23-19(24)17-10-5-12-20-18(17)22(23)15-7-3-2-4-8-15;/h2-5,7-8,10,12,16H,6,9,11,13-14H2,1H3;1H. The molecule has 1 saturated heterocycles. The second-order valence-corrected chi connectivity index (χ2v) is 6.68. The first-order valence-electron chi connectivity index (χ1n) is 8.65. The zero-order valence-corrected chi connectivity index (χ0v) is 15.1. The molecule has 6 heteroatoms. The molecule has 1 fully saturated rings. The van der Waals surface area contributed by atoms with Crippen LogP contribution in [0.2, 0.25) is 0 Å². The number of hydrogen-bond donors (Lipinski definition) is 1. The van der Waals surface area contributed by atoms with Gasteiger partial charge < -0.3 is 17.3 Å². The van der Waals surface area contributed by atoms with Gasteiger partial charge in [0.2, 0.25) is 0 Å². The van der Waals surface area contributed by atoms with E-state index in [-0.39, 0.29) is 24.4 Å². The normalized spacial score (nSPS) is 23.7. The molecule has 0 saturated carbocycles. The van der Waals surface area contributed by atoms with Gasteiger partial charge in [-0.05, 0) is 51.5 Å². The highest BCUT2D eigenvalue weighted by Gasteiger charge is 2.46. The Bertz CT molecular complexity index is 739. The molecule has 25 heavy (non-hydrogen) atoms. The number of para-hydroxylation sites is 1. The molecular weight excluding hydrogens is 336 g/mol. The van der Waals surface area contributed by atoms with E-state index in [1.807, 2.05) is 35.3 Å². The van der Waals surface area contributed by atoms with Gasteiger partial charge in [-0.2, -0.15) is 5.01 Å². The highest BCUT2D eigenvalue weighted by molar-refractivity contribution is 5.99. The average Bonchev–Trinajstić information content (AvgIpc) is 2.76. The minimum atomic E-state index is 0. The second-order valence-electron chi connectivity index (χ2n) is 6.68. The molecule has 0 radical (unpaired) electrons. The summed E-state index contributed by atoms with van der Waals surface area (Å²) >= 11 is 0. The molecule has 2 unspecified atom stereocenters. The van der Waals surface area contributed by atoms with Crippen LogP contribution in [0.3, 0.4) is 0 Å². The fraction of sp³-hybridized carbons (Fsp3) is 0.368. The maximum atomic E-state index is 13.1. The smallest absolute Gasteiger partial charge is 0.307 e. The van der Waals surface area contributed by atoms with Gasteiger partial charge in [-0.3, -0.25) is 4.79 Å².